The SMILES string of the molecule is C=C(C)COCOC1c2ccccc2-c2cccc3cccc1c23. The summed E-state index contributed by atoms with van der Waals surface area (Å²) in [5.41, 5.74) is 5.92. The van der Waals surface area contributed by atoms with Crippen LogP contribution in [0.5, 0.6) is 0 Å². The summed E-state index contributed by atoms with van der Waals surface area (Å²) >= 11 is 0. The Bertz CT molecular complexity index is 905. The molecule has 1 atom stereocenters. The second-order valence-corrected chi connectivity index (χ2v) is 6.31. The summed E-state index contributed by atoms with van der Waals surface area (Å²) < 4.78 is 11.7. The highest BCUT2D eigenvalue weighted by Gasteiger charge is 2.27. The molecule has 0 heterocycles. The van der Waals surface area contributed by atoms with E-state index in [9.17, 15) is 0 Å². The fourth-order valence-electron chi connectivity index (χ4n) is 3.46. The molecule has 0 saturated heterocycles. The van der Waals surface area contributed by atoms with E-state index in [1.54, 1.807) is 0 Å². The predicted molar refractivity (Wildman–Crippen MR) is 97.9 cm³/mol. The van der Waals surface area contributed by atoms with Crippen LogP contribution >= 0.6 is 0 Å². The molecule has 0 aromatic heterocycles. The zero-order chi connectivity index (χ0) is 16.5. The highest BCUT2D eigenvalue weighted by atomic mass is 16.7. The number of rotatable bonds is 5. The maximum Gasteiger partial charge on any atom is 0.148 e. The van der Waals surface area contributed by atoms with Crippen molar-refractivity contribution in [1.82, 2.24) is 0 Å². The van der Waals surface area contributed by atoms with Crippen LogP contribution in [0.4, 0.5) is 0 Å². The van der Waals surface area contributed by atoms with Crippen molar-refractivity contribution in [3.63, 3.8) is 0 Å². The minimum Gasteiger partial charge on any atom is -0.351 e. The molecular formula is C22H20O2. The highest BCUT2D eigenvalue weighted by molar-refractivity contribution is 6.02. The molecule has 4 rings (SSSR count). The van der Waals surface area contributed by atoms with Gasteiger partial charge in [0.25, 0.3) is 0 Å². The summed E-state index contributed by atoms with van der Waals surface area (Å²) in [5, 5.41) is 2.53. The molecule has 0 radical (unpaired) electrons. The van der Waals surface area contributed by atoms with Gasteiger partial charge in [-0.3, -0.25) is 0 Å². The quantitative estimate of drug-likeness (QED) is 0.353. The van der Waals surface area contributed by atoms with Crippen LogP contribution in [0.3, 0.4) is 0 Å². The van der Waals surface area contributed by atoms with Gasteiger partial charge in [-0.1, -0.05) is 72.8 Å². The van der Waals surface area contributed by atoms with Gasteiger partial charge in [0.1, 0.15) is 12.9 Å². The molecule has 3 aromatic carbocycles. The lowest BCUT2D eigenvalue weighted by Crippen LogP contribution is -2.14. The van der Waals surface area contributed by atoms with Crippen molar-refractivity contribution in [2.45, 2.75) is 13.0 Å². The van der Waals surface area contributed by atoms with Gasteiger partial charge in [0, 0.05) is 0 Å². The molecule has 120 valence electrons. The van der Waals surface area contributed by atoms with Crippen molar-refractivity contribution in [1.29, 1.82) is 0 Å². The standard InChI is InChI=1S/C22H20O2/c1-15(2)13-23-14-24-22-19-10-4-3-9-17(19)18-11-5-7-16-8-6-12-20(22)21(16)18/h3-12,22H,1,13-14H2,2H3. The number of hydrogen-bond donors (Lipinski definition) is 0. The van der Waals surface area contributed by atoms with Gasteiger partial charge in [-0.25, -0.2) is 0 Å². The van der Waals surface area contributed by atoms with E-state index in [0.717, 1.165) is 5.57 Å². The van der Waals surface area contributed by atoms with Gasteiger partial charge in [0.05, 0.1) is 6.61 Å². The molecule has 2 nitrogen and oxygen atoms in total. The van der Waals surface area contributed by atoms with E-state index >= 15 is 0 Å². The molecule has 24 heavy (non-hydrogen) atoms. The Balaban J connectivity index is 1.79. The van der Waals surface area contributed by atoms with Crippen LogP contribution in [0, 0.1) is 0 Å². The molecule has 0 fully saturated rings. The maximum atomic E-state index is 6.14. The molecule has 0 saturated carbocycles. The van der Waals surface area contributed by atoms with Crippen LogP contribution in [0.2, 0.25) is 0 Å². The fourth-order valence-corrected chi connectivity index (χ4v) is 3.46. The van der Waals surface area contributed by atoms with Gasteiger partial charge in [-0.2, -0.15) is 0 Å². The number of hydrogen-bond acceptors (Lipinski definition) is 2. The maximum absolute atomic E-state index is 6.14. The van der Waals surface area contributed by atoms with Crippen molar-refractivity contribution >= 4 is 10.8 Å². The lowest BCUT2D eigenvalue weighted by Gasteiger charge is -2.28. The lowest BCUT2D eigenvalue weighted by molar-refractivity contribution is -0.0718. The van der Waals surface area contributed by atoms with E-state index in [4.69, 9.17) is 9.47 Å². The summed E-state index contributed by atoms with van der Waals surface area (Å²) in [7, 11) is 0. The van der Waals surface area contributed by atoms with Crippen LogP contribution in [0.25, 0.3) is 21.9 Å². The van der Waals surface area contributed by atoms with Gasteiger partial charge in [0.2, 0.25) is 0 Å². The molecule has 3 aromatic rings. The van der Waals surface area contributed by atoms with Crippen LogP contribution in [0.1, 0.15) is 24.2 Å². The third-order valence-electron chi connectivity index (χ3n) is 4.42. The number of ether oxygens (including phenoxy) is 2. The van der Waals surface area contributed by atoms with Crippen LogP contribution in [-0.4, -0.2) is 13.4 Å². The minimum atomic E-state index is -0.107. The molecule has 1 aliphatic carbocycles. The molecule has 0 aliphatic heterocycles. The lowest BCUT2D eigenvalue weighted by atomic mass is 9.82. The molecule has 0 bridgehead atoms. The van der Waals surface area contributed by atoms with Crippen molar-refractivity contribution in [2.24, 2.45) is 0 Å². The molecule has 0 spiro atoms. The van der Waals surface area contributed by atoms with E-state index in [2.05, 4.69) is 67.2 Å². The van der Waals surface area contributed by atoms with Crippen molar-refractivity contribution < 1.29 is 9.47 Å². The van der Waals surface area contributed by atoms with E-state index in [0.29, 0.717) is 6.61 Å². The van der Waals surface area contributed by atoms with Crippen molar-refractivity contribution in [3.8, 4) is 11.1 Å². The fraction of sp³-hybridized carbons (Fsp3) is 0.182. The van der Waals surface area contributed by atoms with E-state index in [1.807, 2.05) is 6.92 Å². The minimum absolute atomic E-state index is 0.107. The second kappa shape index (κ2) is 6.23. The molecule has 1 unspecified atom stereocenters. The van der Waals surface area contributed by atoms with Crippen LogP contribution in [0.15, 0.2) is 72.8 Å². The van der Waals surface area contributed by atoms with Gasteiger partial charge < -0.3 is 9.47 Å². The first-order chi connectivity index (χ1) is 11.8. The molecule has 1 aliphatic rings. The Labute approximate surface area is 142 Å². The zero-order valence-corrected chi connectivity index (χ0v) is 13.8. The molecule has 2 heteroatoms. The average Bonchev–Trinajstić information content (AvgIpc) is 2.61. The Morgan fingerprint density at radius 1 is 0.917 bits per heavy atom. The monoisotopic (exact) mass is 316 g/mol. The summed E-state index contributed by atoms with van der Waals surface area (Å²) in [5.74, 6) is 0. The molecule has 0 N–H and O–H groups in total. The second-order valence-electron chi connectivity index (χ2n) is 6.31. The Hall–Kier alpha value is -2.42. The van der Waals surface area contributed by atoms with E-state index in [-0.39, 0.29) is 12.9 Å². The first-order valence-electron chi connectivity index (χ1n) is 8.20. The Morgan fingerprint density at radius 2 is 1.62 bits per heavy atom. The molecular weight excluding hydrogens is 296 g/mol. The Kier molecular flexibility index (Phi) is 3.93. The zero-order valence-electron chi connectivity index (χ0n) is 13.8. The van der Waals surface area contributed by atoms with Gasteiger partial charge in [0.15, 0.2) is 0 Å². The van der Waals surface area contributed by atoms with Crippen LogP contribution < -0.4 is 0 Å². The molecule has 0 amide bonds. The Morgan fingerprint density at radius 3 is 2.46 bits per heavy atom. The van der Waals surface area contributed by atoms with Crippen molar-refractivity contribution in [3.05, 3.63) is 83.9 Å². The van der Waals surface area contributed by atoms with Crippen molar-refractivity contribution in [2.75, 3.05) is 13.4 Å². The largest absolute Gasteiger partial charge is 0.351 e. The first kappa shape index (κ1) is 15.1. The number of fused-ring (bicyclic) bond motifs is 2. The summed E-state index contributed by atoms with van der Waals surface area (Å²) in [6.07, 6.45) is -0.107. The summed E-state index contributed by atoms with van der Waals surface area (Å²) in [4.78, 5) is 0. The first-order valence-corrected chi connectivity index (χ1v) is 8.20. The average molecular weight is 316 g/mol. The van der Waals surface area contributed by atoms with E-state index < -0.39 is 0 Å². The van der Waals surface area contributed by atoms with Gasteiger partial charge in [-0.05, 0) is 39.9 Å². The highest BCUT2D eigenvalue weighted by Crippen LogP contribution is 2.45. The topological polar surface area (TPSA) is 18.5 Å². The van der Waals surface area contributed by atoms with Gasteiger partial charge in [-0.15, -0.1) is 0 Å². The third-order valence-corrected chi connectivity index (χ3v) is 4.42. The predicted octanol–water partition coefficient (Wildman–Crippen LogP) is 5.48. The third kappa shape index (κ3) is 2.54. The summed E-state index contributed by atoms with van der Waals surface area (Å²) in [6, 6.07) is 21.4. The number of benzene rings is 3. The van der Waals surface area contributed by atoms with Crippen LogP contribution in [-0.2, 0) is 9.47 Å². The summed E-state index contributed by atoms with van der Waals surface area (Å²) in [6.45, 7) is 6.58. The van der Waals surface area contributed by atoms with Gasteiger partial charge >= 0.3 is 0 Å². The smallest absolute Gasteiger partial charge is 0.148 e. The van der Waals surface area contributed by atoms with E-state index in [1.165, 1.54) is 33.0 Å². The normalized spacial score (nSPS) is 15.3.